The van der Waals surface area contributed by atoms with E-state index >= 15 is 0 Å². The van der Waals surface area contributed by atoms with Gasteiger partial charge in [-0.15, -0.1) is 0 Å². The maximum Gasteiger partial charge on any atom is 0.202 e. The van der Waals surface area contributed by atoms with Gasteiger partial charge in [0.1, 0.15) is 22.3 Å². The van der Waals surface area contributed by atoms with Crippen molar-refractivity contribution in [2.45, 2.75) is 31.6 Å². The lowest BCUT2D eigenvalue weighted by Gasteiger charge is -2.45. The van der Waals surface area contributed by atoms with Crippen molar-refractivity contribution >= 4 is 60.9 Å². The topological polar surface area (TPSA) is 46.6 Å². The Kier molecular flexibility index (Phi) is 5.71. The predicted octanol–water partition coefficient (Wildman–Crippen LogP) is 12.3. The van der Waals surface area contributed by atoms with Crippen LogP contribution >= 0.6 is 0 Å². The first kappa shape index (κ1) is 29.4. The summed E-state index contributed by atoms with van der Waals surface area (Å²) in [5, 5.41) is 3.38. The van der Waals surface area contributed by atoms with E-state index in [0.29, 0.717) is 21.9 Å². The zero-order valence-corrected chi connectivity index (χ0v) is 29.0. The number of hydrogen-bond donors (Lipinski definition) is 0. The number of furan rings is 1. The van der Waals surface area contributed by atoms with E-state index in [2.05, 4.69) is 135 Å². The Morgan fingerprint density at radius 2 is 1.10 bits per heavy atom. The van der Waals surface area contributed by atoms with Crippen LogP contribution in [0, 0.1) is 0 Å². The molecule has 7 aromatic carbocycles. The molecular weight excluding hydrogens is 639 g/mol. The van der Waals surface area contributed by atoms with E-state index in [-0.39, 0.29) is 10.8 Å². The van der Waals surface area contributed by atoms with Crippen LogP contribution in [0.15, 0.2) is 159 Å². The molecule has 3 heterocycles. The second-order valence-electron chi connectivity index (χ2n) is 15.2. The Labute approximate surface area is 300 Å². The summed E-state index contributed by atoms with van der Waals surface area (Å²) >= 11 is 0. The van der Waals surface area contributed by atoms with Gasteiger partial charge in [-0.3, -0.25) is 4.79 Å². The lowest BCUT2D eigenvalue weighted by atomic mass is 9.64. The Morgan fingerprint density at radius 3 is 1.87 bits per heavy atom. The first-order chi connectivity index (χ1) is 25.3. The lowest BCUT2D eigenvalue weighted by Crippen LogP contribution is -2.36. The van der Waals surface area contributed by atoms with Crippen molar-refractivity contribution in [1.29, 1.82) is 0 Å². The Bertz CT molecular complexity index is 3000. The van der Waals surface area contributed by atoms with Crippen molar-refractivity contribution in [3.05, 3.63) is 184 Å². The molecule has 2 aliphatic rings. The van der Waals surface area contributed by atoms with Crippen molar-refractivity contribution in [2.75, 3.05) is 4.90 Å². The van der Waals surface area contributed by atoms with Gasteiger partial charge in [0.15, 0.2) is 0 Å². The third kappa shape index (κ3) is 3.68. The van der Waals surface area contributed by atoms with Gasteiger partial charge in [0.05, 0.1) is 33.2 Å². The summed E-state index contributed by atoms with van der Waals surface area (Å²) in [6, 6.07) is 51.0. The minimum Gasteiger partial charge on any atom is -0.456 e. The third-order valence-corrected chi connectivity index (χ3v) is 11.4. The molecule has 0 fully saturated rings. The van der Waals surface area contributed by atoms with Crippen LogP contribution in [0.1, 0.15) is 48.6 Å². The van der Waals surface area contributed by atoms with Gasteiger partial charge in [0.2, 0.25) is 5.43 Å². The van der Waals surface area contributed by atoms with Gasteiger partial charge in [-0.1, -0.05) is 112 Å². The average molecular weight is 672 g/mol. The highest BCUT2D eigenvalue weighted by atomic mass is 16.3. The summed E-state index contributed by atoms with van der Waals surface area (Å²) < 4.78 is 13.1. The average Bonchev–Trinajstić information content (AvgIpc) is 3.67. The summed E-state index contributed by atoms with van der Waals surface area (Å²) in [5.74, 6) is 0. The molecule has 0 saturated carbocycles. The molecule has 52 heavy (non-hydrogen) atoms. The van der Waals surface area contributed by atoms with Gasteiger partial charge in [-0.05, 0) is 99.0 Å². The minimum atomic E-state index is -0.631. The van der Waals surface area contributed by atoms with Crippen molar-refractivity contribution in [2.24, 2.45) is 0 Å². The van der Waals surface area contributed by atoms with Crippen molar-refractivity contribution in [1.82, 2.24) is 0 Å². The largest absolute Gasteiger partial charge is 0.456 e. The molecule has 2 aromatic heterocycles. The van der Waals surface area contributed by atoms with Gasteiger partial charge in [-0.25, -0.2) is 0 Å². The molecule has 11 rings (SSSR count). The van der Waals surface area contributed by atoms with E-state index in [9.17, 15) is 4.79 Å². The smallest absolute Gasteiger partial charge is 0.202 e. The second kappa shape index (κ2) is 10.1. The van der Waals surface area contributed by atoms with Crippen LogP contribution in [0.25, 0.3) is 55.0 Å². The van der Waals surface area contributed by atoms with Gasteiger partial charge in [-0.2, -0.15) is 0 Å². The normalized spacial score (nSPS) is 14.2. The fraction of sp³-hybridized carbons (Fsp3) is 0.104. The van der Waals surface area contributed by atoms with Crippen molar-refractivity contribution < 1.29 is 8.83 Å². The number of rotatable bonds is 1. The van der Waals surface area contributed by atoms with Gasteiger partial charge < -0.3 is 13.7 Å². The molecule has 4 heteroatoms. The van der Waals surface area contributed by atoms with E-state index in [1.54, 1.807) is 0 Å². The quantitative estimate of drug-likeness (QED) is 0.163. The van der Waals surface area contributed by atoms with E-state index in [4.69, 9.17) is 8.83 Å². The summed E-state index contributed by atoms with van der Waals surface area (Å²) in [5.41, 5.74) is 13.3. The number of anilines is 3. The zero-order chi connectivity index (χ0) is 34.9. The molecule has 0 atom stereocenters. The van der Waals surface area contributed by atoms with Gasteiger partial charge >= 0.3 is 0 Å². The highest BCUT2D eigenvalue weighted by Crippen LogP contribution is 2.64. The number of fused-ring (bicyclic) bond motifs is 14. The van der Waals surface area contributed by atoms with E-state index in [1.807, 2.05) is 36.4 Å². The predicted molar refractivity (Wildman–Crippen MR) is 212 cm³/mol. The third-order valence-electron chi connectivity index (χ3n) is 11.4. The standard InChI is InChI=1S/C48H33NO3/c1-47(2,3)28-23-24-31-43(25-28)52-42-22-12-20-40(45(42)46(31)50)49-38-18-9-7-16-35(38)48(36-17-8-10-19-39(36)49)34-15-6-4-13-29(34)32-26-33-30-14-5-11-21-41(30)51-44(33)27-37(32)48/h4-27H,1-3H3. The molecule has 1 aliphatic heterocycles. The first-order valence-electron chi connectivity index (χ1n) is 17.9. The van der Waals surface area contributed by atoms with Crippen LogP contribution in [0.2, 0.25) is 0 Å². The van der Waals surface area contributed by atoms with Crippen LogP contribution in [0.4, 0.5) is 17.1 Å². The van der Waals surface area contributed by atoms with Gasteiger partial charge in [0.25, 0.3) is 0 Å². The van der Waals surface area contributed by atoms with Crippen LogP contribution in [0.3, 0.4) is 0 Å². The monoisotopic (exact) mass is 671 g/mol. The number of benzene rings is 7. The molecule has 248 valence electrons. The Morgan fingerprint density at radius 1 is 0.481 bits per heavy atom. The summed E-state index contributed by atoms with van der Waals surface area (Å²) in [6.45, 7) is 6.51. The molecule has 0 saturated heterocycles. The van der Waals surface area contributed by atoms with E-state index < -0.39 is 5.41 Å². The number of nitrogens with zero attached hydrogens (tertiary/aromatic N) is 1. The van der Waals surface area contributed by atoms with Crippen LogP contribution < -0.4 is 10.3 Å². The van der Waals surface area contributed by atoms with Crippen molar-refractivity contribution in [3.63, 3.8) is 0 Å². The summed E-state index contributed by atoms with van der Waals surface area (Å²) in [4.78, 5) is 16.9. The molecule has 0 bridgehead atoms. The van der Waals surface area contributed by atoms with E-state index in [1.165, 1.54) is 22.3 Å². The fourth-order valence-corrected chi connectivity index (χ4v) is 9.11. The molecule has 0 amide bonds. The number of hydrogen-bond acceptors (Lipinski definition) is 4. The molecule has 4 nitrogen and oxygen atoms in total. The molecular formula is C48H33NO3. The minimum absolute atomic E-state index is 0.0357. The van der Waals surface area contributed by atoms with Crippen LogP contribution in [-0.4, -0.2) is 0 Å². The van der Waals surface area contributed by atoms with Crippen molar-refractivity contribution in [3.8, 4) is 11.1 Å². The summed E-state index contributed by atoms with van der Waals surface area (Å²) in [7, 11) is 0. The first-order valence-corrected chi connectivity index (χ1v) is 17.9. The maximum absolute atomic E-state index is 14.6. The van der Waals surface area contributed by atoms with Crippen LogP contribution in [0.5, 0.6) is 0 Å². The Hall–Kier alpha value is -6.39. The highest BCUT2D eigenvalue weighted by Gasteiger charge is 2.52. The van der Waals surface area contributed by atoms with Gasteiger partial charge in [0, 0.05) is 10.8 Å². The Balaban J connectivity index is 1.23. The van der Waals surface area contributed by atoms with E-state index in [0.717, 1.165) is 55.7 Å². The molecule has 9 aromatic rings. The second-order valence-corrected chi connectivity index (χ2v) is 15.2. The molecule has 0 unspecified atom stereocenters. The molecule has 1 spiro atoms. The number of para-hydroxylation sites is 3. The maximum atomic E-state index is 14.6. The summed E-state index contributed by atoms with van der Waals surface area (Å²) in [6.07, 6.45) is 0. The SMILES string of the molecule is CC(C)(C)c1ccc2c(=O)c3c(N4c5ccccc5C5(c6ccccc6-c6cc7c(cc65)oc5ccccc57)c5ccccc54)cccc3oc2c1. The molecule has 1 aliphatic carbocycles. The van der Waals surface area contributed by atoms with Crippen LogP contribution in [-0.2, 0) is 10.8 Å². The fourth-order valence-electron chi connectivity index (χ4n) is 9.11. The molecule has 0 radical (unpaired) electrons. The zero-order valence-electron chi connectivity index (χ0n) is 29.0. The lowest BCUT2D eigenvalue weighted by molar-refractivity contribution is 0.587. The highest BCUT2D eigenvalue weighted by molar-refractivity contribution is 6.09. The molecule has 0 N–H and O–H groups in total.